The zero-order valence-corrected chi connectivity index (χ0v) is 14.0. The van der Waals surface area contributed by atoms with Gasteiger partial charge in [0.25, 0.3) is 0 Å². The van der Waals surface area contributed by atoms with Crippen molar-refractivity contribution in [3.63, 3.8) is 0 Å². The van der Waals surface area contributed by atoms with Crippen LogP contribution in [0, 0.1) is 5.92 Å². The first kappa shape index (κ1) is 18.9. The van der Waals surface area contributed by atoms with E-state index in [0.29, 0.717) is 19.5 Å². The number of carbonyl (C=O) groups excluding carboxylic acids is 1. The van der Waals surface area contributed by atoms with Crippen LogP contribution in [0.25, 0.3) is 0 Å². The highest BCUT2D eigenvalue weighted by atomic mass is 35.5. The van der Waals surface area contributed by atoms with E-state index < -0.39 is 6.10 Å². The van der Waals surface area contributed by atoms with Crippen LogP contribution in [0.5, 0.6) is 0 Å². The first-order valence-corrected chi connectivity index (χ1v) is 7.92. The van der Waals surface area contributed by atoms with Crippen LogP contribution in [-0.2, 0) is 11.3 Å². The van der Waals surface area contributed by atoms with Crippen LogP contribution < -0.4 is 5.32 Å². The average Bonchev–Trinajstić information content (AvgIpc) is 2.55. The van der Waals surface area contributed by atoms with Gasteiger partial charge in [0.15, 0.2) is 0 Å². The minimum atomic E-state index is -0.445. The lowest BCUT2D eigenvalue weighted by Crippen LogP contribution is -2.43. The van der Waals surface area contributed by atoms with E-state index in [1.165, 1.54) is 0 Å². The lowest BCUT2D eigenvalue weighted by Gasteiger charge is -2.31. The van der Waals surface area contributed by atoms with E-state index in [4.69, 9.17) is 0 Å². The predicted molar refractivity (Wildman–Crippen MR) is 91.0 cm³/mol. The number of piperidine rings is 1. The van der Waals surface area contributed by atoms with E-state index in [0.717, 1.165) is 31.5 Å². The highest BCUT2D eigenvalue weighted by molar-refractivity contribution is 5.85. The van der Waals surface area contributed by atoms with Gasteiger partial charge in [-0.3, -0.25) is 4.79 Å². The largest absolute Gasteiger partial charge is 0.391 e. The molecule has 2 N–H and O–H groups in total. The fourth-order valence-electron chi connectivity index (χ4n) is 2.75. The van der Waals surface area contributed by atoms with Crippen LogP contribution in [0.2, 0.25) is 0 Å². The average molecular weight is 327 g/mol. The zero-order chi connectivity index (χ0) is 15.1. The number of amides is 1. The third-order valence-corrected chi connectivity index (χ3v) is 4.12. The van der Waals surface area contributed by atoms with Gasteiger partial charge in [-0.05, 0) is 37.9 Å². The maximum Gasteiger partial charge on any atom is 0.226 e. The highest BCUT2D eigenvalue weighted by Gasteiger charge is 2.26. The second-order valence-corrected chi connectivity index (χ2v) is 5.79. The number of hydrogen-bond donors (Lipinski definition) is 2. The standard InChI is InChI=1S/C17H26N2O2.ClH/c1-2-16(20)13-19(12-14-6-4-3-5-7-14)17(21)15-8-10-18-11-9-15;/h3-7,15-16,18,20H,2,8-13H2,1H3;1H. The maximum absolute atomic E-state index is 12.7. The number of carbonyl (C=O) groups is 1. The summed E-state index contributed by atoms with van der Waals surface area (Å²) in [6, 6.07) is 10.0. The summed E-state index contributed by atoms with van der Waals surface area (Å²) in [5, 5.41) is 13.2. The van der Waals surface area contributed by atoms with E-state index in [2.05, 4.69) is 5.32 Å². The number of aliphatic hydroxyl groups is 1. The Bertz CT molecular complexity index is 436. The van der Waals surface area contributed by atoms with Crippen molar-refractivity contribution in [1.82, 2.24) is 10.2 Å². The molecule has 1 unspecified atom stereocenters. The molecule has 1 aliphatic heterocycles. The Hall–Kier alpha value is -1.10. The molecule has 5 heteroatoms. The molecule has 124 valence electrons. The van der Waals surface area contributed by atoms with Crippen LogP contribution in [-0.4, -0.2) is 41.7 Å². The molecule has 1 fully saturated rings. The summed E-state index contributed by atoms with van der Waals surface area (Å²) in [6.45, 7) is 4.77. The minimum absolute atomic E-state index is 0. The molecule has 1 atom stereocenters. The molecule has 1 aromatic carbocycles. The number of hydrogen-bond acceptors (Lipinski definition) is 3. The van der Waals surface area contributed by atoms with Gasteiger partial charge < -0.3 is 15.3 Å². The van der Waals surface area contributed by atoms with Crippen molar-refractivity contribution in [3.8, 4) is 0 Å². The van der Waals surface area contributed by atoms with Gasteiger partial charge in [-0.25, -0.2) is 0 Å². The Morgan fingerprint density at radius 2 is 1.95 bits per heavy atom. The van der Waals surface area contributed by atoms with Gasteiger partial charge in [-0.1, -0.05) is 37.3 Å². The first-order valence-electron chi connectivity index (χ1n) is 7.92. The van der Waals surface area contributed by atoms with Crippen LogP contribution in [0.1, 0.15) is 31.7 Å². The highest BCUT2D eigenvalue weighted by Crippen LogP contribution is 2.18. The normalized spacial score (nSPS) is 16.6. The van der Waals surface area contributed by atoms with Crippen molar-refractivity contribution in [2.75, 3.05) is 19.6 Å². The summed E-state index contributed by atoms with van der Waals surface area (Å²) in [4.78, 5) is 14.6. The second-order valence-electron chi connectivity index (χ2n) is 5.79. The maximum atomic E-state index is 12.7. The Morgan fingerprint density at radius 3 is 2.55 bits per heavy atom. The summed E-state index contributed by atoms with van der Waals surface area (Å²) in [6.07, 6.45) is 2.02. The molecule has 0 bridgehead atoms. The van der Waals surface area contributed by atoms with Crippen molar-refractivity contribution < 1.29 is 9.90 Å². The van der Waals surface area contributed by atoms with Gasteiger partial charge in [-0.15, -0.1) is 12.4 Å². The van der Waals surface area contributed by atoms with Crippen LogP contribution >= 0.6 is 12.4 Å². The summed E-state index contributed by atoms with van der Waals surface area (Å²) in [7, 11) is 0. The molecular weight excluding hydrogens is 300 g/mol. The van der Waals surface area contributed by atoms with Gasteiger partial charge in [0.1, 0.15) is 0 Å². The molecule has 0 aliphatic carbocycles. The van der Waals surface area contributed by atoms with Gasteiger partial charge >= 0.3 is 0 Å². The van der Waals surface area contributed by atoms with Crippen molar-refractivity contribution in [3.05, 3.63) is 35.9 Å². The molecule has 1 aromatic rings. The lowest BCUT2D eigenvalue weighted by molar-refractivity contribution is -0.138. The topological polar surface area (TPSA) is 52.6 Å². The van der Waals surface area contributed by atoms with E-state index >= 15 is 0 Å². The third kappa shape index (κ3) is 5.59. The smallest absolute Gasteiger partial charge is 0.226 e. The molecular formula is C17H27ClN2O2. The van der Waals surface area contributed by atoms with E-state index in [1.807, 2.05) is 42.2 Å². The minimum Gasteiger partial charge on any atom is -0.391 e. The molecule has 1 heterocycles. The van der Waals surface area contributed by atoms with E-state index in [9.17, 15) is 9.90 Å². The quantitative estimate of drug-likeness (QED) is 0.842. The number of rotatable bonds is 6. The number of aliphatic hydroxyl groups excluding tert-OH is 1. The first-order chi connectivity index (χ1) is 10.2. The fourth-order valence-corrected chi connectivity index (χ4v) is 2.75. The van der Waals surface area contributed by atoms with Crippen LogP contribution in [0.4, 0.5) is 0 Å². The van der Waals surface area contributed by atoms with E-state index in [-0.39, 0.29) is 24.2 Å². The molecule has 22 heavy (non-hydrogen) atoms. The Balaban J connectivity index is 0.00000242. The number of benzene rings is 1. The number of nitrogens with zero attached hydrogens (tertiary/aromatic N) is 1. The molecule has 0 spiro atoms. The Labute approximate surface area is 139 Å². The molecule has 0 saturated carbocycles. The molecule has 4 nitrogen and oxygen atoms in total. The van der Waals surface area contributed by atoms with E-state index in [1.54, 1.807) is 0 Å². The molecule has 0 radical (unpaired) electrons. The zero-order valence-electron chi connectivity index (χ0n) is 13.2. The number of nitrogens with one attached hydrogen (secondary N) is 1. The van der Waals surface area contributed by atoms with Crippen molar-refractivity contribution >= 4 is 18.3 Å². The molecule has 0 aromatic heterocycles. The number of halogens is 1. The Morgan fingerprint density at radius 1 is 1.32 bits per heavy atom. The molecule has 1 aliphatic rings. The van der Waals surface area contributed by atoms with Crippen LogP contribution in [0.15, 0.2) is 30.3 Å². The fraction of sp³-hybridized carbons (Fsp3) is 0.588. The van der Waals surface area contributed by atoms with Gasteiger partial charge in [0.2, 0.25) is 5.91 Å². The van der Waals surface area contributed by atoms with Gasteiger partial charge in [0, 0.05) is 19.0 Å². The summed E-state index contributed by atoms with van der Waals surface area (Å²) < 4.78 is 0. The van der Waals surface area contributed by atoms with Crippen molar-refractivity contribution in [2.24, 2.45) is 5.92 Å². The summed E-state index contributed by atoms with van der Waals surface area (Å²) in [5.74, 6) is 0.284. The van der Waals surface area contributed by atoms with Crippen molar-refractivity contribution in [1.29, 1.82) is 0 Å². The third-order valence-electron chi connectivity index (χ3n) is 4.12. The lowest BCUT2D eigenvalue weighted by atomic mass is 9.96. The van der Waals surface area contributed by atoms with Gasteiger partial charge in [0.05, 0.1) is 6.10 Å². The predicted octanol–water partition coefficient (Wildman–Crippen LogP) is 2.21. The SMILES string of the molecule is CCC(O)CN(Cc1ccccc1)C(=O)C1CCNCC1.Cl. The van der Waals surface area contributed by atoms with Crippen LogP contribution in [0.3, 0.4) is 0 Å². The molecule has 2 rings (SSSR count). The molecule has 1 amide bonds. The second kappa shape index (κ2) is 9.82. The van der Waals surface area contributed by atoms with Gasteiger partial charge in [-0.2, -0.15) is 0 Å². The summed E-state index contributed by atoms with van der Waals surface area (Å²) in [5.41, 5.74) is 1.11. The Kier molecular flexibility index (Phi) is 8.46. The molecule has 1 saturated heterocycles. The van der Waals surface area contributed by atoms with Crippen molar-refractivity contribution in [2.45, 2.75) is 38.8 Å². The summed E-state index contributed by atoms with van der Waals surface area (Å²) >= 11 is 0. The monoisotopic (exact) mass is 326 g/mol.